The van der Waals surface area contributed by atoms with Crippen LogP contribution < -0.4 is 9.62 Å². The summed E-state index contributed by atoms with van der Waals surface area (Å²) in [5.41, 5.74) is 1.30. The Labute approximate surface area is 211 Å². The Morgan fingerprint density at radius 1 is 1.06 bits per heavy atom. The van der Waals surface area contributed by atoms with Gasteiger partial charge in [-0.3, -0.25) is 13.3 Å². The maximum Gasteiger partial charge on any atom is 0.253 e. The number of carbonyl (C=O) groups is 1. The number of hydrogen-bond donors (Lipinski definition) is 1. The second-order valence-electron chi connectivity index (χ2n) is 7.76. The van der Waals surface area contributed by atoms with Crippen LogP contribution in [0.2, 0.25) is 0 Å². The molecule has 1 aromatic heterocycles. The van der Waals surface area contributed by atoms with Crippen molar-refractivity contribution in [3.8, 4) is 0 Å². The summed E-state index contributed by atoms with van der Waals surface area (Å²) in [6.45, 7) is 1.13. The molecule has 0 bridgehead atoms. The second-order valence-corrected chi connectivity index (χ2v) is 9.09. The zero-order valence-electron chi connectivity index (χ0n) is 18.7. The van der Waals surface area contributed by atoms with Gasteiger partial charge in [0.05, 0.1) is 34.2 Å². The van der Waals surface area contributed by atoms with E-state index in [2.05, 4.69) is 14.1 Å². The summed E-state index contributed by atoms with van der Waals surface area (Å²) in [7, 11) is 0. The summed E-state index contributed by atoms with van der Waals surface area (Å²) >= 11 is -2.06. The SMILES string of the molecule is Cc1ccc(C(=O)NCc2c(F)cc(F)cc2F)c(N(c2nsnc2Cc2ccccc2)S(=O)[O-])c1. The fourth-order valence-corrected chi connectivity index (χ4v) is 4.73. The number of benzene rings is 3. The first kappa shape index (κ1) is 25.5. The van der Waals surface area contributed by atoms with Gasteiger partial charge in [0.15, 0.2) is 5.82 Å². The summed E-state index contributed by atoms with van der Waals surface area (Å²) < 4.78 is 75.2. The molecular formula is C24H18F3N4O3S2-. The topological polar surface area (TPSA) is 98.2 Å². The van der Waals surface area contributed by atoms with Crippen LogP contribution in [0.3, 0.4) is 0 Å². The summed E-state index contributed by atoms with van der Waals surface area (Å²) in [4.78, 5) is 13.0. The molecule has 12 heteroatoms. The number of rotatable bonds is 8. The van der Waals surface area contributed by atoms with Crippen LogP contribution in [0, 0.1) is 24.4 Å². The zero-order chi connectivity index (χ0) is 25.8. The summed E-state index contributed by atoms with van der Waals surface area (Å²) in [5, 5.41) is 2.37. The number of hydrogen-bond acceptors (Lipinski definition) is 6. The fourth-order valence-electron chi connectivity index (χ4n) is 3.53. The van der Waals surface area contributed by atoms with Crippen molar-refractivity contribution in [2.75, 3.05) is 4.31 Å². The fraction of sp³-hybridized carbons (Fsp3) is 0.125. The molecule has 0 fully saturated rings. The van der Waals surface area contributed by atoms with E-state index in [1.165, 1.54) is 12.1 Å². The van der Waals surface area contributed by atoms with Crippen molar-refractivity contribution in [2.24, 2.45) is 0 Å². The van der Waals surface area contributed by atoms with E-state index in [4.69, 9.17) is 0 Å². The van der Waals surface area contributed by atoms with Gasteiger partial charge in [-0.1, -0.05) is 36.4 Å². The normalized spacial score (nSPS) is 11.8. The molecule has 0 aliphatic rings. The van der Waals surface area contributed by atoms with E-state index in [1.54, 1.807) is 13.0 Å². The van der Waals surface area contributed by atoms with Crippen LogP contribution in [0.25, 0.3) is 0 Å². The van der Waals surface area contributed by atoms with Crippen molar-refractivity contribution in [1.29, 1.82) is 0 Å². The maximum absolute atomic E-state index is 14.0. The monoisotopic (exact) mass is 531 g/mol. The lowest BCUT2D eigenvalue weighted by Gasteiger charge is -2.27. The molecule has 1 atom stereocenters. The van der Waals surface area contributed by atoms with Crippen molar-refractivity contribution in [1.82, 2.24) is 14.1 Å². The average molecular weight is 532 g/mol. The van der Waals surface area contributed by atoms with Crippen LogP contribution in [0.15, 0.2) is 60.7 Å². The number of aryl methyl sites for hydroxylation is 1. The molecule has 0 spiro atoms. The standard InChI is InChI=1S/C24H19F3N4O3S2/c1-14-7-8-17(24(32)28-13-18-19(26)11-16(25)12-20(18)27)22(9-14)31(36(33)34)23-21(29-35-30-23)10-15-5-3-2-4-6-15/h2-9,11-12H,10,13H2,1H3,(H,28,32)(H,33,34)/p-1. The molecule has 1 unspecified atom stereocenters. The zero-order valence-corrected chi connectivity index (χ0v) is 20.3. The van der Waals surface area contributed by atoms with Gasteiger partial charge < -0.3 is 9.87 Å². The average Bonchev–Trinajstić information content (AvgIpc) is 3.26. The number of nitrogens with zero attached hydrogens (tertiary/aromatic N) is 3. The molecule has 0 saturated carbocycles. The van der Waals surface area contributed by atoms with E-state index in [1.807, 2.05) is 30.3 Å². The van der Waals surface area contributed by atoms with Crippen molar-refractivity contribution < 1.29 is 26.7 Å². The van der Waals surface area contributed by atoms with Crippen LogP contribution in [0.4, 0.5) is 24.7 Å². The molecule has 3 aromatic carbocycles. The smallest absolute Gasteiger partial charge is 0.253 e. The molecule has 0 aliphatic heterocycles. The molecule has 36 heavy (non-hydrogen) atoms. The number of amides is 1. The molecule has 1 heterocycles. The van der Waals surface area contributed by atoms with Gasteiger partial charge >= 0.3 is 0 Å². The highest BCUT2D eigenvalue weighted by atomic mass is 32.2. The molecule has 4 aromatic rings. The molecule has 1 N–H and O–H groups in total. The van der Waals surface area contributed by atoms with Crippen LogP contribution in [-0.4, -0.2) is 23.4 Å². The highest BCUT2D eigenvalue weighted by Crippen LogP contribution is 2.33. The molecule has 7 nitrogen and oxygen atoms in total. The first-order chi connectivity index (χ1) is 17.2. The van der Waals surface area contributed by atoms with Crippen LogP contribution in [-0.2, 0) is 24.2 Å². The van der Waals surface area contributed by atoms with E-state index < -0.39 is 46.7 Å². The van der Waals surface area contributed by atoms with Gasteiger partial charge in [-0.15, -0.1) is 0 Å². The van der Waals surface area contributed by atoms with Crippen molar-refractivity contribution >= 4 is 40.4 Å². The first-order valence-electron chi connectivity index (χ1n) is 10.5. The number of nitrogens with one attached hydrogen (secondary N) is 1. The molecule has 0 saturated heterocycles. The Kier molecular flexibility index (Phi) is 7.77. The van der Waals surface area contributed by atoms with E-state index in [-0.39, 0.29) is 17.1 Å². The van der Waals surface area contributed by atoms with Gasteiger partial charge in [0.1, 0.15) is 23.1 Å². The third-order valence-electron chi connectivity index (χ3n) is 5.24. The summed E-state index contributed by atoms with van der Waals surface area (Å²) in [5.74, 6) is -4.15. The van der Waals surface area contributed by atoms with Crippen molar-refractivity contribution in [3.05, 3.63) is 106 Å². The quantitative estimate of drug-likeness (QED) is 0.332. The minimum Gasteiger partial charge on any atom is -0.755 e. The summed E-state index contributed by atoms with van der Waals surface area (Å²) in [6.07, 6.45) is 0.302. The Morgan fingerprint density at radius 2 is 1.75 bits per heavy atom. The van der Waals surface area contributed by atoms with E-state index >= 15 is 0 Å². The van der Waals surface area contributed by atoms with Gasteiger partial charge in [0.25, 0.3) is 5.91 Å². The number of anilines is 2. The largest absolute Gasteiger partial charge is 0.755 e. The van der Waals surface area contributed by atoms with Gasteiger partial charge in [0, 0.05) is 30.7 Å². The Hall–Kier alpha value is -3.61. The molecule has 1 amide bonds. The van der Waals surface area contributed by atoms with Crippen molar-refractivity contribution in [2.45, 2.75) is 19.9 Å². The van der Waals surface area contributed by atoms with Gasteiger partial charge in [0.2, 0.25) is 0 Å². The minimum absolute atomic E-state index is 0.0112. The molecule has 186 valence electrons. The number of carbonyl (C=O) groups excluding carboxylic acids is 1. The summed E-state index contributed by atoms with van der Waals surface area (Å²) in [6, 6.07) is 14.7. The second kappa shape index (κ2) is 11.0. The third-order valence-corrected chi connectivity index (χ3v) is 6.46. The molecule has 0 aliphatic carbocycles. The lowest BCUT2D eigenvalue weighted by Crippen LogP contribution is -2.28. The Morgan fingerprint density at radius 3 is 2.42 bits per heavy atom. The molecular weight excluding hydrogens is 513 g/mol. The lowest BCUT2D eigenvalue weighted by atomic mass is 10.1. The predicted octanol–water partition coefficient (Wildman–Crippen LogP) is 4.72. The minimum atomic E-state index is -2.89. The van der Waals surface area contributed by atoms with Gasteiger partial charge in [-0.25, -0.2) is 13.2 Å². The van der Waals surface area contributed by atoms with Gasteiger partial charge in [-0.05, 0) is 30.2 Å². The maximum atomic E-state index is 14.0. The van der Waals surface area contributed by atoms with Crippen molar-refractivity contribution in [3.63, 3.8) is 0 Å². The van der Waals surface area contributed by atoms with Crippen LogP contribution >= 0.6 is 11.7 Å². The van der Waals surface area contributed by atoms with Crippen LogP contribution in [0.5, 0.6) is 0 Å². The van der Waals surface area contributed by atoms with Gasteiger partial charge in [-0.2, -0.15) is 8.75 Å². The highest BCUT2D eigenvalue weighted by molar-refractivity contribution is 7.81. The van der Waals surface area contributed by atoms with E-state index in [0.717, 1.165) is 21.6 Å². The molecule has 0 radical (unpaired) electrons. The highest BCUT2D eigenvalue weighted by Gasteiger charge is 2.25. The Bertz CT molecular complexity index is 1410. The Balaban J connectivity index is 1.68. The predicted molar refractivity (Wildman–Crippen MR) is 129 cm³/mol. The molecule has 4 rings (SSSR count). The first-order valence-corrected chi connectivity index (χ1v) is 12.3. The van der Waals surface area contributed by atoms with E-state index in [9.17, 15) is 26.7 Å². The van der Waals surface area contributed by atoms with E-state index in [0.29, 0.717) is 29.8 Å². The lowest BCUT2D eigenvalue weighted by molar-refractivity contribution is 0.0951. The number of aromatic nitrogens is 2. The van der Waals surface area contributed by atoms with Crippen LogP contribution in [0.1, 0.15) is 32.7 Å². The number of halogens is 3. The third kappa shape index (κ3) is 5.61.